The lowest BCUT2D eigenvalue weighted by molar-refractivity contribution is -0.128. The topological polar surface area (TPSA) is 58.6 Å². The summed E-state index contributed by atoms with van der Waals surface area (Å²) in [5.74, 6) is 0.460. The molecule has 0 aliphatic heterocycles. The second kappa shape index (κ2) is 5.87. The average Bonchev–Trinajstić information content (AvgIpc) is 2.31. The number of hydrogen-bond acceptors (Lipinski definition) is 3. The summed E-state index contributed by atoms with van der Waals surface area (Å²) in [7, 11) is 0. The van der Waals surface area contributed by atoms with Crippen LogP contribution in [-0.2, 0) is 11.3 Å². The number of amides is 1. The fourth-order valence-corrected chi connectivity index (χ4v) is 1.76. The van der Waals surface area contributed by atoms with Gasteiger partial charge in [-0.05, 0) is 32.3 Å². The van der Waals surface area contributed by atoms with Gasteiger partial charge >= 0.3 is 0 Å². The molecular weight excluding hydrogens is 230 g/mol. The van der Waals surface area contributed by atoms with Crippen molar-refractivity contribution < 1.29 is 14.6 Å². The van der Waals surface area contributed by atoms with E-state index in [0.29, 0.717) is 12.6 Å². The van der Waals surface area contributed by atoms with Crippen molar-refractivity contribution in [3.05, 3.63) is 29.8 Å². The first-order valence-electron chi connectivity index (χ1n) is 6.37. The number of aliphatic hydroxyl groups is 1. The highest BCUT2D eigenvalue weighted by Gasteiger charge is 2.20. The maximum absolute atomic E-state index is 11.3. The third-order valence-corrected chi connectivity index (χ3v) is 3.15. The van der Waals surface area contributed by atoms with Crippen molar-refractivity contribution in [3.63, 3.8) is 0 Å². The molecule has 0 heterocycles. The number of aliphatic hydroxyl groups excluding tert-OH is 1. The van der Waals surface area contributed by atoms with Gasteiger partial charge < -0.3 is 15.2 Å². The summed E-state index contributed by atoms with van der Waals surface area (Å²) in [6.45, 7) is 1.83. The molecule has 2 rings (SSSR count). The average molecular weight is 249 g/mol. The predicted octanol–water partition coefficient (Wildman–Crippen LogP) is 1.61. The third kappa shape index (κ3) is 3.23. The molecule has 98 valence electrons. The molecule has 1 saturated carbocycles. The van der Waals surface area contributed by atoms with Crippen LogP contribution < -0.4 is 10.1 Å². The Hall–Kier alpha value is -1.55. The predicted molar refractivity (Wildman–Crippen MR) is 68.2 cm³/mol. The van der Waals surface area contributed by atoms with Gasteiger partial charge in [0.15, 0.2) is 0 Å². The summed E-state index contributed by atoms with van der Waals surface area (Å²) in [4.78, 5) is 11.3. The summed E-state index contributed by atoms with van der Waals surface area (Å²) in [5.41, 5.74) is 0.943. The summed E-state index contributed by atoms with van der Waals surface area (Å²) < 4.78 is 5.86. The van der Waals surface area contributed by atoms with E-state index in [2.05, 4.69) is 5.32 Å². The van der Waals surface area contributed by atoms with Gasteiger partial charge in [-0.1, -0.05) is 18.2 Å². The first-order valence-corrected chi connectivity index (χ1v) is 6.37. The zero-order valence-corrected chi connectivity index (χ0v) is 10.6. The van der Waals surface area contributed by atoms with Gasteiger partial charge in [0.25, 0.3) is 0 Å². The van der Waals surface area contributed by atoms with Gasteiger partial charge in [0.05, 0.1) is 6.10 Å². The van der Waals surface area contributed by atoms with Crippen LogP contribution in [0.25, 0.3) is 0 Å². The van der Waals surface area contributed by atoms with E-state index in [-0.39, 0.29) is 5.91 Å². The van der Waals surface area contributed by atoms with E-state index in [1.54, 1.807) is 0 Å². The molecule has 1 aliphatic rings. The molecule has 4 heteroatoms. The van der Waals surface area contributed by atoms with Crippen molar-refractivity contribution in [1.82, 2.24) is 5.32 Å². The molecule has 4 nitrogen and oxygen atoms in total. The van der Waals surface area contributed by atoms with Crippen LogP contribution in [0.2, 0.25) is 0 Å². The standard InChI is InChI=1S/C14H19NO3/c1-10(16)14(17)15-9-11-5-2-3-8-13(11)18-12-6-4-7-12/h2-3,5,8,10,12,16H,4,6-7,9H2,1H3,(H,15,17). The van der Waals surface area contributed by atoms with Crippen LogP contribution in [0.15, 0.2) is 24.3 Å². The number of hydrogen-bond donors (Lipinski definition) is 2. The first-order chi connectivity index (χ1) is 8.66. The van der Waals surface area contributed by atoms with Crippen LogP contribution in [0.1, 0.15) is 31.7 Å². The van der Waals surface area contributed by atoms with E-state index in [4.69, 9.17) is 9.84 Å². The Morgan fingerprint density at radius 2 is 2.22 bits per heavy atom. The number of benzene rings is 1. The molecule has 1 amide bonds. The minimum Gasteiger partial charge on any atom is -0.490 e. The van der Waals surface area contributed by atoms with Crippen molar-refractivity contribution in [3.8, 4) is 5.75 Å². The monoisotopic (exact) mass is 249 g/mol. The molecule has 1 atom stereocenters. The Labute approximate surface area is 107 Å². The zero-order valence-electron chi connectivity index (χ0n) is 10.6. The number of carbonyl (C=O) groups is 1. The number of ether oxygens (including phenoxy) is 1. The summed E-state index contributed by atoms with van der Waals surface area (Å²) >= 11 is 0. The van der Waals surface area contributed by atoms with Crippen LogP contribution >= 0.6 is 0 Å². The van der Waals surface area contributed by atoms with Crippen molar-refractivity contribution >= 4 is 5.91 Å². The van der Waals surface area contributed by atoms with Crippen LogP contribution in [0.3, 0.4) is 0 Å². The molecule has 0 spiro atoms. The van der Waals surface area contributed by atoms with Crippen LogP contribution in [0.4, 0.5) is 0 Å². The first kappa shape index (κ1) is 12.9. The molecule has 0 bridgehead atoms. The fourth-order valence-electron chi connectivity index (χ4n) is 1.76. The van der Waals surface area contributed by atoms with Gasteiger partial charge in [0.1, 0.15) is 11.9 Å². The Balaban J connectivity index is 1.95. The molecule has 2 N–H and O–H groups in total. The van der Waals surface area contributed by atoms with E-state index in [1.807, 2.05) is 24.3 Å². The van der Waals surface area contributed by atoms with Gasteiger partial charge in [0.2, 0.25) is 5.91 Å². The number of nitrogens with one attached hydrogen (secondary N) is 1. The van der Waals surface area contributed by atoms with E-state index in [1.165, 1.54) is 13.3 Å². The van der Waals surface area contributed by atoms with Gasteiger partial charge in [-0.25, -0.2) is 0 Å². The molecule has 1 aromatic rings. The normalized spacial score (nSPS) is 16.8. The number of rotatable bonds is 5. The Kier molecular flexibility index (Phi) is 4.20. The number of para-hydroxylation sites is 1. The molecule has 0 aromatic heterocycles. The third-order valence-electron chi connectivity index (χ3n) is 3.15. The van der Waals surface area contributed by atoms with Crippen molar-refractivity contribution in [1.29, 1.82) is 0 Å². The molecule has 18 heavy (non-hydrogen) atoms. The van der Waals surface area contributed by atoms with Crippen LogP contribution in [0, 0.1) is 0 Å². The lowest BCUT2D eigenvalue weighted by atomic mass is 9.96. The van der Waals surface area contributed by atoms with Gasteiger partial charge in [-0.3, -0.25) is 4.79 Å². The van der Waals surface area contributed by atoms with Crippen molar-refractivity contribution in [2.24, 2.45) is 0 Å². The Morgan fingerprint density at radius 3 is 2.83 bits per heavy atom. The van der Waals surface area contributed by atoms with E-state index >= 15 is 0 Å². The highest BCUT2D eigenvalue weighted by Crippen LogP contribution is 2.27. The molecule has 1 aromatic carbocycles. The Bertz CT molecular complexity index is 413. The van der Waals surface area contributed by atoms with Gasteiger partial charge in [-0.2, -0.15) is 0 Å². The summed E-state index contributed by atoms with van der Waals surface area (Å²) in [5, 5.41) is 11.8. The van der Waals surface area contributed by atoms with Crippen molar-refractivity contribution in [2.45, 2.75) is 44.9 Å². The lowest BCUT2D eigenvalue weighted by Crippen LogP contribution is -2.32. The molecule has 1 fully saturated rings. The second-order valence-electron chi connectivity index (χ2n) is 4.67. The van der Waals surface area contributed by atoms with Crippen LogP contribution in [-0.4, -0.2) is 23.2 Å². The van der Waals surface area contributed by atoms with Gasteiger partial charge in [0, 0.05) is 12.1 Å². The van der Waals surface area contributed by atoms with E-state index < -0.39 is 6.10 Å². The molecule has 1 unspecified atom stereocenters. The SMILES string of the molecule is CC(O)C(=O)NCc1ccccc1OC1CCC1. The van der Waals surface area contributed by atoms with Crippen molar-refractivity contribution in [2.75, 3.05) is 0 Å². The van der Waals surface area contributed by atoms with E-state index in [0.717, 1.165) is 24.2 Å². The smallest absolute Gasteiger partial charge is 0.248 e. The lowest BCUT2D eigenvalue weighted by Gasteiger charge is -2.27. The highest BCUT2D eigenvalue weighted by molar-refractivity contribution is 5.79. The maximum Gasteiger partial charge on any atom is 0.248 e. The quantitative estimate of drug-likeness (QED) is 0.833. The Morgan fingerprint density at radius 1 is 1.50 bits per heavy atom. The summed E-state index contributed by atoms with van der Waals surface area (Å²) in [6, 6.07) is 7.68. The second-order valence-corrected chi connectivity index (χ2v) is 4.67. The van der Waals surface area contributed by atoms with Crippen LogP contribution in [0.5, 0.6) is 5.75 Å². The largest absolute Gasteiger partial charge is 0.490 e. The van der Waals surface area contributed by atoms with E-state index in [9.17, 15) is 4.79 Å². The maximum atomic E-state index is 11.3. The molecule has 1 aliphatic carbocycles. The molecule has 0 radical (unpaired) electrons. The highest BCUT2D eigenvalue weighted by atomic mass is 16.5. The minimum absolute atomic E-state index is 0.318. The molecular formula is C14H19NO3. The minimum atomic E-state index is -0.982. The van der Waals surface area contributed by atoms with Gasteiger partial charge in [-0.15, -0.1) is 0 Å². The molecule has 0 saturated heterocycles. The fraction of sp³-hybridized carbons (Fsp3) is 0.500. The zero-order chi connectivity index (χ0) is 13.0. The number of carbonyl (C=O) groups excluding carboxylic acids is 1. The summed E-state index contributed by atoms with van der Waals surface area (Å²) in [6.07, 6.45) is 2.78.